The van der Waals surface area contributed by atoms with Gasteiger partial charge in [-0.3, -0.25) is 0 Å². The van der Waals surface area contributed by atoms with Crippen LogP contribution in [-0.2, 0) is 12.7 Å². The Morgan fingerprint density at radius 3 is 2.38 bits per heavy atom. The number of anilines is 1. The number of piperazine rings is 1. The van der Waals surface area contributed by atoms with Gasteiger partial charge in [0.05, 0.1) is 0 Å². The lowest BCUT2D eigenvalue weighted by Gasteiger charge is -2.35. The molecule has 3 heterocycles. The average Bonchev–Trinajstić information content (AvgIpc) is 3.30. The number of amides is 2. The number of nitrogens with zero attached hydrogens (tertiary/aromatic N) is 5. The van der Waals surface area contributed by atoms with Gasteiger partial charge in [-0.25, -0.2) is 14.2 Å². The van der Waals surface area contributed by atoms with Crippen LogP contribution in [0.1, 0.15) is 11.5 Å². The van der Waals surface area contributed by atoms with Gasteiger partial charge in [0.15, 0.2) is 0 Å². The van der Waals surface area contributed by atoms with Gasteiger partial charge in [0.1, 0.15) is 11.6 Å². The fourth-order valence-corrected chi connectivity index (χ4v) is 3.19. The van der Waals surface area contributed by atoms with E-state index in [1.165, 1.54) is 18.3 Å². The van der Waals surface area contributed by atoms with E-state index >= 15 is 0 Å². The average molecular weight is 450 g/mol. The van der Waals surface area contributed by atoms with Crippen LogP contribution in [0.2, 0.25) is 0 Å². The fraction of sp³-hybridized carbons (Fsp3) is 0.300. The smallest absolute Gasteiger partial charge is 0.353 e. The maximum absolute atomic E-state index is 12.9. The Balaban J connectivity index is 1.29. The molecule has 3 aromatic rings. The molecular formula is C20H18F4N6O2. The Kier molecular flexibility index (Phi) is 5.93. The van der Waals surface area contributed by atoms with Crippen molar-refractivity contribution < 1.29 is 26.9 Å². The van der Waals surface area contributed by atoms with E-state index in [1.54, 1.807) is 29.2 Å². The second-order valence-corrected chi connectivity index (χ2v) is 7.09. The highest BCUT2D eigenvalue weighted by atomic mass is 19.4. The minimum Gasteiger partial charge on any atom is -0.353 e. The predicted octanol–water partition coefficient (Wildman–Crippen LogP) is 3.32. The molecule has 12 heteroatoms. The summed E-state index contributed by atoms with van der Waals surface area (Å²) in [5.74, 6) is -1.31. The van der Waals surface area contributed by atoms with Crippen LogP contribution in [0.25, 0.3) is 11.4 Å². The van der Waals surface area contributed by atoms with Crippen LogP contribution in [0, 0.1) is 5.82 Å². The van der Waals surface area contributed by atoms with Gasteiger partial charge in [-0.05, 0) is 29.8 Å². The van der Waals surface area contributed by atoms with E-state index < -0.39 is 12.1 Å². The minimum atomic E-state index is -4.70. The van der Waals surface area contributed by atoms with Crippen molar-refractivity contribution >= 4 is 11.8 Å². The quantitative estimate of drug-likeness (QED) is 0.614. The molecule has 0 unspecified atom stereocenters. The molecule has 4 rings (SSSR count). The van der Waals surface area contributed by atoms with Crippen LogP contribution in [0.15, 0.2) is 47.1 Å². The summed E-state index contributed by atoms with van der Waals surface area (Å²) in [6, 6.07) is 8.91. The highest BCUT2D eigenvalue weighted by molar-refractivity contribution is 5.74. The second-order valence-electron chi connectivity index (χ2n) is 7.09. The van der Waals surface area contributed by atoms with Crippen molar-refractivity contribution in [2.45, 2.75) is 12.7 Å². The Morgan fingerprint density at radius 2 is 1.78 bits per heavy atom. The van der Waals surface area contributed by atoms with Crippen molar-refractivity contribution in [3.8, 4) is 11.4 Å². The standard InChI is InChI=1S/C20H18F4N6O2/c21-15-4-1-13(2-5-15)11-26-19(31)30-9-7-29(8-10-30)16-6-3-14(12-25-16)17-27-18(32-28-17)20(22,23)24/h1-6,12H,7-11H2,(H,26,31). The number of benzene rings is 1. The van der Waals surface area contributed by atoms with Crippen LogP contribution < -0.4 is 10.2 Å². The number of hydrogen-bond acceptors (Lipinski definition) is 6. The maximum atomic E-state index is 12.9. The van der Waals surface area contributed by atoms with E-state index in [4.69, 9.17) is 0 Å². The van der Waals surface area contributed by atoms with Gasteiger partial charge in [0, 0.05) is 44.5 Å². The lowest BCUT2D eigenvalue weighted by atomic mass is 10.2. The topological polar surface area (TPSA) is 87.4 Å². The van der Waals surface area contributed by atoms with Crippen molar-refractivity contribution in [1.29, 1.82) is 0 Å². The number of hydrogen-bond donors (Lipinski definition) is 1. The van der Waals surface area contributed by atoms with Crippen LogP contribution in [-0.4, -0.2) is 52.2 Å². The third kappa shape index (κ3) is 4.95. The summed E-state index contributed by atoms with van der Waals surface area (Å²) in [5.41, 5.74) is 1.10. The third-order valence-corrected chi connectivity index (χ3v) is 4.92. The summed E-state index contributed by atoms with van der Waals surface area (Å²) >= 11 is 0. The lowest BCUT2D eigenvalue weighted by Crippen LogP contribution is -2.51. The normalized spacial score (nSPS) is 14.5. The molecule has 32 heavy (non-hydrogen) atoms. The molecule has 1 N–H and O–H groups in total. The molecule has 1 aliphatic heterocycles. The first-order chi connectivity index (χ1) is 15.3. The number of aromatic nitrogens is 3. The van der Waals surface area contributed by atoms with E-state index in [2.05, 4.69) is 25.0 Å². The van der Waals surface area contributed by atoms with E-state index in [0.717, 1.165) is 5.56 Å². The monoisotopic (exact) mass is 450 g/mol. The van der Waals surface area contributed by atoms with Crippen LogP contribution >= 0.6 is 0 Å². The molecule has 8 nitrogen and oxygen atoms in total. The molecule has 2 amide bonds. The van der Waals surface area contributed by atoms with Gasteiger partial charge >= 0.3 is 18.1 Å². The van der Waals surface area contributed by atoms with E-state index in [0.29, 0.717) is 44.1 Å². The van der Waals surface area contributed by atoms with Gasteiger partial charge in [0.25, 0.3) is 0 Å². The Morgan fingerprint density at radius 1 is 1.06 bits per heavy atom. The number of urea groups is 1. The Bertz CT molecular complexity index is 1060. The van der Waals surface area contributed by atoms with Gasteiger partial charge in [-0.15, -0.1) is 0 Å². The summed E-state index contributed by atoms with van der Waals surface area (Å²) in [7, 11) is 0. The highest BCUT2D eigenvalue weighted by Crippen LogP contribution is 2.29. The van der Waals surface area contributed by atoms with Crippen molar-refractivity contribution in [3.63, 3.8) is 0 Å². The second kappa shape index (κ2) is 8.81. The number of halogens is 4. The Hall–Kier alpha value is -3.70. The molecule has 0 radical (unpaired) electrons. The third-order valence-electron chi connectivity index (χ3n) is 4.92. The number of pyridine rings is 1. The van der Waals surface area contributed by atoms with Crippen LogP contribution in [0.3, 0.4) is 0 Å². The van der Waals surface area contributed by atoms with Crippen molar-refractivity contribution in [2.24, 2.45) is 0 Å². The van der Waals surface area contributed by atoms with E-state index in [9.17, 15) is 22.4 Å². The first-order valence-electron chi connectivity index (χ1n) is 9.69. The van der Waals surface area contributed by atoms with Crippen molar-refractivity contribution in [1.82, 2.24) is 25.3 Å². The van der Waals surface area contributed by atoms with Gasteiger partial charge < -0.3 is 19.6 Å². The zero-order valence-corrected chi connectivity index (χ0v) is 16.6. The largest absolute Gasteiger partial charge is 0.471 e. The van der Waals surface area contributed by atoms with Crippen molar-refractivity contribution in [3.05, 3.63) is 59.9 Å². The van der Waals surface area contributed by atoms with Gasteiger partial charge in [-0.1, -0.05) is 17.3 Å². The number of nitrogens with one attached hydrogen (secondary N) is 1. The molecule has 168 valence electrons. The van der Waals surface area contributed by atoms with Gasteiger partial charge in [-0.2, -0.15) is 18.2 Å². The first-order valence-corrected chi connectivity index (χ1v) is 9.69. The van der Waals surface area contributed by atoms with Crippen LogP contribution in [0.4, 0.5) is 28.2 Å². The molecule has 1 saturated heterocycles. The fourth-order valence-electron chi connectivity index (χ4n) is 3.19. The molecule has 1 aromatic carbocycles. The molecule has 0 atom stereocenters. The molecular weight excluding hydrogens is 432 g/mol. The molecule has 1 aliphatic rings. The summed E-state index contributed by atoms with van der Waals surface area (Å²) < 4.78 is 55.0. The van der Waals surface area contributed by atoms with Crippen molar-refractivity contribution in [2.75, 3.05) is 31.1 Å². The summed E-state index contributed by atoms with van der Waals surface area (Å²) in [4.78, 5) is 23.6. The molecule has 0 saturated carbocycles. The number of carbonyl (C=O) groups excluding carboxylic acids is 1. The summed E-state index contributed by atoms with van der Waals surface area (Å²) in [6.07, 6.45) is -3.33. The Labute approximate surface area is 179 Å². The number of carbonyl (C=O) groups is 1. The molecule has 1 fully saturated rings. The van der Waals surface area contributed by atoms with Gasteiger partial charge in [0.2, 0.25) is 5.82 Å². The highest BCUT2D eigenvalue weighted by Gasteiger charge is 2.38. The zero-order valence-electron chi connectivity index (χ0n) is 16.6. The lowest BCUT2D eigenvalue weighted by molar-refractivity contribution is -0.159. The number of rotatable bonds is 4. The molecule has 0 bridgehead atoms. The van der Waals surface area contributed by atoms with E-state index in [1.807, 2.05) is 4.90 Å². The minimum absolute atomic E-state index is 0.195. The first kappa shape index (κ1) is 21.5. The van der Waals surface area contributed by atoms with Crippen LogP contribution in [0.5, 0.6) is 0 Å². The summed E-state index contributed by atoms with van der Waals surface area (Å²) in [6.45, 7) is 2.32. The predicted molar refractivity (Wildman–Crippen MR) is 105 cm³/mol. The molecule has 2 aromatic heterocycles. The van der Waals surface area contributed by atoms with E-state index in [-0.39, 0.29) is 17.7 Å². The summed E-state index contributed by atoms with van der Waals surface area (Å²) in [5, 5.41) is 6.15. The zero-order chi connectivity index (χ0) is 22.7. The SMILES string of the molecule is O=C(NCc1ccc(F)cc1)N1CCN(c2ccc(-c3noc(C(F)(F)F)n3)cn2)CC1. The number of alkyl halides is 3. The molecule has 0 aliphatic carbocycles. The molecule has 0 spiro atoms. The maximum Gasteiger partial charge on any atom is 0.471 e.